The number of carbonyl (C=O) groups is 2. The zero-order valence-corrected chi connectivity index (χ0v) is 14.3. The number of ether oxygens (including phenoxy) is 1. The van der Waals surface area contributed by atoms with Gasteiger partial charge in [0, 0.05) is 24.4 Å². The summed E-state index contributed by atoms with van der Waals surface area (Å²) in [6, 6.07) is 11.3. The van der Waals surface area contributed by atoms with Crippen molar-refractivity contribution in [1.29, 1.82) is 0 Å². The van der Waals surface area contributed by atoms with Crippen molar-refractivity contribution in [3.8, 4) is 5.75 Å². The normalized spacial score (nSPS) is 11.6. The molecule has 6 nitrogen and oxygen atoms in total. The molecule has 0 aliphatic heterocycles. The van der Waals surface area contributed by atoms with Crippen LogP contribution in [0, 0.1) is 5.82 Å². The van der Waals surface area contributed by atoms with Crippen LogP contribution in [0.4, 0.5) is 4.39 Å². The molecule has 0 amide bonds. The molecule has 0 spiro atoms. The summed E-state index contributed by atoms with van der Waals surface area (Å²) in [4.78, 5) is 22.2. The monoisotopic (exact) mass is 369 g/mol. The van der Waals surface area contributed by atoms with Gasteiger partial charge in [0.1, 0.15) is 17.3 Å². The van der Waals surface area contributed by atoms with Crippen molar-refractivity contribution in [1.82, 2.24) is 4.57 Å². The molecule has 2 N–H and O–H groups in total. The first-order valence-corrected chi connectivity index (χ1v) is 7.99. The first kappa shape index (κ1) is 18.2. The highest BCUT2D eigenvalue weighted by molar-refractivity contribution is 6.38. The van der Waals surface area contributed by atoms with Gasteiger partial charge in [0.05, 0.1) is 18.0 Å². The molecule has 0 saturated carbocycles. The molecule has 0 bridgehead atoms. The molecule has 1 heterocycles. The van der Waals surface area contributed by atoms with Gasteiger partial charge < -0.3 is 19.5 Å². The molecule has 1 aromatic heterocycles. The standard InChI is InChI=1S/C20H16FNO5/c1-27-18-7-3-6-15-19(18)14(16(23)9-17(24)20(25)26)11-22(15)10-12-4-2-5-13(21)8-12/h2-9,11,23H,10H2,1H3,(H,25,26)/b16-9-. The van der Waals surface area contributed by atoms with E-state index in [9.17, 15) is 19.1 Å². The number of carbonyl (C=O) groups excluding carboxylic acids is 1. The highest BCUT2D eigenvalue weighted by Crippen LogP contribution is 2.34. The van der Waals surface area contributed by atoms with E-state index in [1.807, 2.05) is 0 Å². The van der Waals surface area contributed by atoms with Crippen LogP contribution in [-0.2, 0) is 16.1 Å². The number of aliphatic hydroxyl groups excluding tert-OH is 1. The number of aromatic nitrogens is 1. The Labute approximate surface area is 153 Å². The van der Waals surface area contributed by atoms with Crippen LogP contribution in [0.2, 0.25) is 0 Å². The molecule has 2 aromatic carbocycles. The van der Waals surface area contributed by atoms with Crippen LogP contribution in [0.15, 0.2) is 54.7 Å². The van der Waals surface area contributed by atoms with E-state index < -0.39 is 17.5 Å². The lowest BCUT2D eigenvalue weighted by Gasteiger charge is -2.07. The van der Waals surface area contributed by atoms with Gasteiger partial charge in [-0.25, -0.2) is 9.18 Å². The van der Waals surface area contributed by atoms with Gasteiger partial charge in [0.2, 0.25) is 0 Å². The zero-order chi connectivity index (χ0) is 19.6. The Balaban J connectivity index is 2.16. The van der Waals surface area contributed by atoms with Crippen molar-refractivity contribution in [3.63, 3.8) is 0 Å². The Kier molecular flexibility index (Phi) is 4.94. The van der Waals surface area contributed by atoms with Gasteiger partial charge >= 0.3 is 5.97 Å². The summed E-state index contributed by atoms with van der Waals surface area (Å²) >= 11 is 0. The molecule has 0 aliphatic rings. The number of nitrogens with zero attached hydrogens (tertiary/aromatic N) is 1. The number of ketones is 1. The number of aliphatic carboxylic acids is 1. The minimum absolute atomic E-state index is 0.244. The second-order valence-electron chi connectivity index (χ2n) is 5.85. The Morgan fingerprint density at radius 2 is 1.93 bits per heavy atom. The lowest BCUT2D eigenvalue weighted by Crippen LogP contribution is -2.09. The van der Waals surface area contributed by atoms with E-state index in [0.29, 0.717) is 34.8 Å². The van der Waals surface area contributed by atoms with E-state index >= 15 is 0 Å². The summed E-state index contributed by atoms with van der Waals surface area (Å²) in [6.07, 6.45) is 2.22. The van der Waals surface area contributed by atoms with Gasteiger partial charge in [-0.1, -0.05) is 18.2 Å². The largest absolute Gasteiger partial charge is 0.507 e. The fourth-order valence-electron chi connectivity index (χ4n) is 2.91. The van der Waals surface area contributed by atoms with Crippen molar-refractivity contribution in [2.45, 2.75) is 6.54 Å². The maximum atomic E-state index is 13.5. The predicted octanol–water partition coefficient (Wildman–Crippen LogP) is 3.39. The van der Waals surface area contributed by atoms with Crippen molar-refractivity contribution in [3.05, 3.63) is 71.7 Å². The molecule has 27 heavy (non-hydrogen) atoms. The van der Waals surface area contributed by atoms with Crippen LogP contribution in [0.3, 0.4) is 0 Å². The molecule has 0 fully saturated rings. The van der Waals surface area contributed by atoms with Crippen molar-refractivity contribution >= 4 is 28.4 Å². The Bertz CT molecular complexity index is 1070. The van der Waals surface area contributed by atoms with Crippen LogP contribution in [-0.4, -0.2) is 33.6 Å². The third kappa shape index (κ3) is 3.67. The first-order valence-electron chi connectivity index (χ1n) is 7.99. The molecule has 7 heteroatoms. The minimum atomic E-state index is -1.67. The highest BCUT2D eigenvalue weighted by Gasteiger charge is 2.18. The summed E-state index contributed by atoms with van der Waals surface area (Å²) in [6.45, 7) is 0.307. The number of fused-ring (bicyclic) bond motifs is 1. The predicted molar refractivity (Wildman–Crippen MR) is 97.2 cm³/mol. The lowest BCUT2D eigenvalue weighted by atomic mass is 10.1. The van der Waals surface area contributed by atoms with Gasteiger partial charge in [-0.3, -0.25) is 4.79 Å². The molecule has 138 valence electrons. The summed E-state index contributed by atoms with van der Waals surface area (Å²) in [5, 5.41) is 19.6. The number of hydrogen-bond donors (Lipinski definition) is 2. The number of carboxylic acids is 1. The highest BCUT2D eigenvalue weighted by atomic mass is 19.1. The summed E-state index contributed by atoms with van der Waals surface area (Å²) < 4.78 is 20.6. The number of benzene rings is 2. The van der Waals surface area contributed by atoms with Crippen LogP contribution in [0.1, 0.15) is 11.1 Å². The van der Waals surface area contributed by atoms with Crippen molar-refractivity contribution < 1.29 is 28.9 Å². The summed E-state index contributed by atoms with van der Waals surface area (Å²) in [5.74, 6) is -3.32. The molecule has 0 unspecified atom stereocenters. The topological polar surface area (TPSA) is 88.8 Å². The maximum absolute atomic E-state index is 13.5. The second kappa shape index (κ2) is 7.33. The molecule has 3 rings (SSSR count). The van der Waals surface area contributed by atoms with Gasteiger partial charge in [-0.2, -0.15) is 0 Å². The zero-order valence-electron chi connectivity index (χ0n) is 14.3. The first-order chi connectivity index (χ1) is 12.9. The number of rotatable bonds is 6. The molecular weight excluding hydrogens is 353 g/mol. The van der Waals surface area contributed by atoms with Crippen LogP contribution in [0.25, 0.3) is 16.7 Å². The Morgan fingerprint density at radius 3 is 2.59 bits per heavy atom. The lowest BCUT2D eigenvalue weighted by molar-refractivity contribution is -0.146. The Hall–Kier alpha value is -3.61. The summed E-state index contributed by atoms with van der Waals surface area (Å²) in [5.41, 5.74) is 1.62. The molecule has 0 aliphatic carbocycles. The van der Waals surface area contributed by atoms with E-state index in [0.717, 1.165) is 0 Å². The number of halogens is 1. The number of aliphatic hydroxyl groups is 1. The minimum Gasteiger partial charge on any atom is -0.507 e. The molecular formula is C20H16FNO5. The number of hydrogen-bond acceptors (Lipinski definition) is 4. The van der Waals surface area contributed by atoms with Gasteiger partial charge in [0.15, 0.2) is 0 Å². The average Bonchev–Trinajstić information content (AvgIpc) is 3.00. The van der Waals surface area contributed by atoms with Gasteiger partial charge in [-0.15, -0.1) is 0 Å². The smallest absolute Gasteiger partial charge is 0.376 e. The van der Waals surface area contributed by atoms with E-state index in [2.05, 4.69) is 0 Å². The van der Waals surface area contributed by atoms with E-state index in [1.165, 1.54) is 19.2 Å². The quantitative estimate of drug-likeness (QED) is 0.395. The molecule has 0 radical (unpaired) electrons. The number of carboxylic acid groups (broad SMARTS) is 1. The van der Waals surface area contributed by atoms with Crippen LogP contribution < -0.4 is 4.74 Å². The maximum Gasteiger partial charge on any atom is 0.376 e. The second-order valence-corrected chi connectivity index (χ2v) is 5.85. The van der Waals surface area contributed by atoms with Gasteiger partial charge in [-0.05, 0) is 29.8 Å². The average molecular weight is 369 g/mol. The molecule has 0 atom stereocenters. The van der Waals surface area contributed by atoms with Crippen molar-refractivity contribution in [2.75, 3.05) is 7.11 Å². The SMILES string of the molecule is COc1cccc2c1c(/C(O)=C/C(=O)C(=O)O)cn2Cc1cccc(F)c1. The fraction of sp³-hybridized carbons (Fsp3) is 0.100. The van der Waals surface area contributed by atoms with Gasteiger partial charge in [0.25, 0.3) is 5.78 Å². The van der Waals surface area contributed by atoms with E-state index in [4.69, 9.17) is 9.84 Å². The van der Waals surface area contributed by atoms with Crippen LogP contribution >= 0.6 is 0 Å². The van der Waals surface area contributed by atoms with Crippen LogP contribution in [0.5, 0.6) is 5.75 Å². The number of methoxy groups -OCH3 is 1. The Morgan fingerprint density at radius 1 is 1.19 bits per heavy atom. The third-order valence-corrected chi connectivity index (χ3v) is 4.08. The fourth-order valence-corrected chi connectivity index (χ4v) is 2.91. The van der Waals surface area contributed by atoms with E-state index in [-0.39, 0.29) is 11.4 Å². The summed E-state index contributed by atoms with van der Waals surface area (Å²) in [7, 11) is 1.46. The van der Waals surface area contributed by atoms with Crippen molar-refractivity contribution in [2.24, 2.45) is 0 Å². The molecule has 3 aromatic rings. The molecule has 0 saturated heterocycles. The third-order valence-electron chi connectivity index (χ3n) is 4.08. The van der Waals surface area contributed by atoms with E-state index in [1.54, 1.807) is 41.1 Å².